The van der Waals surface area contributed by atoms with Crippen molar-refractivity contribution in [2.75, 3.05) is 13.2 Å². The molecule has 0 aliphatic carbocycles. The minimum absolute atomic E-state index is 0.169. The van der Waals surface area contributed by atoms with E-state index >= 15 is 0 Å². The molecule has 0 spiro atoms. The van der Waals surface area contributed by atoms with E-state index in [4.69, 9.17) is 9.47 Å². The number of aryl methyl sites for hydroxylation is 1. The number of hydrogen-bond donors (Lipinski definition) is 2. The molecule has 33 heavy (non-hydrogen) atoms. The van der Waals surface area contributed by atoms with Gasteiger partial charge in [0.05, 0.1) is 35.3 Å². The highest BCUT2D eigenvalue weighted by Crippen LogP contribution is 2.20. The van der Waals surface area contributed by atoms with Crippen molar-refractivity contribution in [2.45, 2.75) is 33.7 Å². The fourth-order valence-electron chi connectivity index (χ4n) is 3.47. The normalized spacial score (nSPS) is 15.9. The molecule has 0 radical (unpaired) electrons. The molecule has 1 aromatic carbocycles. The third-order valence-electron chi connectivity index (χ3n) is 5.03. The summed E-state index contributed by atoms with van der Waals surface area (Å²) in [7, 11) is 0. The maximum absolute atomic E-state index is 13.2. The summed E-state index contributed by atoms with van der Waals surface area (Å²) in [5.74, 6) is -1.61. The molecule has 1 aliphatic rings. The number of halogens is 1. The van der Waals surface area contributed by atoms with Crippen molar-refractivity contribution in [1.29, 1.82) is 0 Å². The average molecular weight is 456 g/mol. The molecule has 0 saturated heterocycles. The van der Waals surface area contributed by atoms with Crippen LogP contribution in [0.1, 0.15) is 30.8 Å². The Balaban J connectivity index is 1.73. The van der Waals surface area contributed by atoms with Crippen LogP contribution >= 0.6 is 0 Å². The van der Waals surface area contributed by atoms with Crippen LogP contribution in [0.3, 0.4) is 0 Å². The molecule has 0 bridgehead atoms. The third kappa shape index (κ3) is 5.46. The molecule has 2 amide bonds. The second-order valence-electron chi connectivity index (χ2n) is 7.35. The molecule has 1 aliphatic heterocycles. The molecule has 9 nitrogen and oxygen atoms in total. The van der Waals surface area contributed by atoms with Gasteiger partial charge in [0.2, 0.25) is 0 Å². The fraction of sp³-hybridized carbons (Fsp3) is 0.304. The summed E-state index contributed by atoms with van der Waals surface area (Å²) >= 11 is 0. The minimum Gasteiger partial charge on any atom is -0.463 e. The number of hydrogen-bond acceptors (Lipinski definition) is 6. The van der Waals surface area contributed by atoms with Crippen LogP contribution in [-0.2, 0) is 19.1 Å². The maximum atomic E-state index is 13.2. The summed E-state index contributed by atoms with van der Waals surface area (Å²) in [6, 6.07) is 4.82. The van der Waals surface area contributed by atoms with E-state index < -0.39 is 24.0 Å². The first-order valence-corrected chi connectivity index (χ1v) is 10.4. The van der Waals surface area contributed by atoms with Gasteiger partial charge in [-0.25, -0.2) is 23.5 Å². The molecule has 1 aromatic heterocycles. The zero-order valence-electron chi connectivity index (χ0n) is 18.8. The lowest BCUT2D eigenvalue weighted by molar-refractivity contribution is -0.140. The van der Waals surface area contributed by atoms with E-state index in [-0.39, 0.29) is 30.3 Å². The number of nitrogens with zero attached hydrogens (tertiary/aromatic N) is 2. The monoisotopic (exact) mass is 456 g/mol. The number of carbonyl (C=O) groups excluding carboxylic acids is 3. The fourth-order valence-corrected chi connectivity index (χ4v) is 3.47. The standard InChI is InChI=1S/C23H25FN4O5/c1-5-32-22(30)21-14(3)25-23(31)26-19(21)12-33-20(29)11-10-18-13(2)27-28(15(18)4)17-8-6-16(24)7-9-17/h6-11,14H,5,12H2,1-4H3,(H2,25,26,31)/b11-10+/t14-/m0/s1. The highest BCUT2D eigenvalue weighted by Gasteiger charge is 2.30. The first-order chi connectivity index (χ1) is 15.7. The molecule has 3 rings (SSSR count). The van der Waals surface area contributed by atoms with Crippen molar-refractivity contribution in [3.63, 3.8) is 0 Å². The van der Waals surface area contributed by atoms with Gasteiger partial charge < -0.3 is 20.1 Å². The van der Waals surface area contributed by atoms with Gasteiger partial charge in [-0.2, -0.15) is 5.10 Å². The van der Waals surface area contributed by atoms with Crippen molar-refractivity contribution in [3.05, 3.63) is 64.4 Å². The molecule has 2 aromatic rings. The Hall–Kier alpha value is -3.95. The van der Waals surface area contributed by atoms with Gasteiger partial charge in [-0.1, -0.05) is 0 Å². The Bertz CT molecular complexity index is 1130. The van der Waals surface area contributed by atoms with Crippen LogP contribution in [0.5, 0.6) is 0 Å². The van der Waals surface area contributed by atoms with Gasteiger partial charge in [-0.15, -0.1) is 0 Å². The Morgan fingerprint density at radius 1 is 1.21 bits per heavy atom. The van der Waals surface area contributed by atoms with E-state index in [9.17, 15) is 18.8 Å². The van der Waals surface area contributed by atoms with Gasteiger partial charge >= 0.3 is 18.0 Å². The predicted molar refractivity (Wildman–Crippen MR) is 118 cm³/mol. The van der Waals surface area contributed by atoms with E-state index in [0.29, 0.717) is 16.9 Å². The molecule has 10 heteroatoms. The highest BCUT2D eigenvalue weighted by atomic mass is 19.1. The van der Waals surface area contributed by atoms with Crippen LogP contribution in [0.25, 0.3) is 11.8 Å². The Morgan fingerprint density at radius 2 is 1.91 bits per heavy atom. The van der Waals surface area contributed by atoms with Crippen LogP contribution in [0.4, 0.5) is 9.18 Å². The number of urea groups is 1. The number of aromatic nitrogens is 2. The number of nitrogens with one attached hydrogen (secondary N) is 2. The molecule has 0 saturated carbocycles. The van der Waals surface area contributed by atoms with E-state index in [1.165, 1.54) is 18.2 Å². The van der Waals surface area contributed by atoms with Crippen LogP contribution in [-0.4, -0.2) is 47.0 Å². The summed E-state index contributed by atoms with van der Waals surface area (Å²) in [4.78, 5) is 36.3. The maximum Gasteiger partial charge on any atom is 0.338 e. The van der Waals surface area contributed by atoms with Crippen molar-refractivity contribution >= 4 is 24.0 Å². The summed E-state index contributed by atoms with van der Waals surface area (Å²) < 4.78 is 25.1. The highest BCUT2D eigenvalue weighted by molar-refractivity contribution is 5.95. The Kier molecular flexibility index (Phi) is 7.27. The summed E-state index contributed by atoms with van der Waals surface area (Å²) in [6.45, 7) is 6.80. The molecule has 2 N–H and O–H groups in total. The lowest BCUT2D eigenvalue weighted by Gasteiger charge is -2.26. The second-order valence-corrected chi connectivity index (χ2v) is 7.35. The lowest BCUT2D eigenvalue weighted by atomic mass is 10.0. The number of amides is 2. The molecular weight excluding hydrogens is 431 g/mol. The van der Waals surface area contributed by atoms with Crippen LogP contribution in [0.15, 0.2) is 41.6 Å². The largest absolute Gasteiger partial charge is 0.463 e. The molecular formula is C23H25FN4O5. The van der Waals surface area contributed by atoms with Gasteiger partial charge in [0.1, 0.15) is 12.4 Å². The van der Waals surface area contributed by atoms with E-state index in [1.54, 1.807) is 43.7 Å². The predicted octanol–water partition coefficient (Wildman–Crippen LogP) is 2.70. The molecule has 174 valence electrons. The lowest BCUT2D eigenvalue weighted by Crippen LogP contribution is -2.50. The van der Waals surface area contributed by atoms with Gasteiger partial charge in [-0.3, -0.25) is 0 Å². The Labute approximate surface area is 190 Å². The number of carbonyl (C=O) groups is 3. The van der Waals surface area contributed by atoms with Crippen molar-refractivity contribution in [1.82, 2.24) is 20.4 Å². The smallest absolute Gasteiger partial charge is 0.338 e. The zero-order chi connectivity index (χ0) is 24.1. The SMILES string of the molecule is CCOC(=O)C1=C(COC(=O)/C=C/c2c(C)nn(-c3ccc(F)cc3)c2C)NC(=O)N[C@H]1C. The molecule has 0 fully saturated rings. The van der Waals surface area contributed by atoms with Gasteiger partial charge in [0.25, 0.3) is 0 Å². The summed E-state index contributed by atoms with van der Waals surface area (Å²) in [5, 5.41) is 9.52. The van der Waals surface area contributed by atoms with E-state index in [0.717, 1.165) is 5.69 Å². The van der Waals surface area contributed by atoms with Crippen LogP contribution in [0.2, 0.25) is 0 Å². The Morgan fingerprint density at radius 3 is 2.58 bits per heavy atom. The van der Waals surface area contributed by atoms with Crippen molar-refractivity contribution in [2.24, 2.45) is 0 Å². The minimum atomic E-state index is -0.667. The second kappa shape index (κ2) is 10.1. The summed E-state index contributed by atoms with van der Waals surface area (Å²) in [5.41, 5.74) is 3.20. The van der Waals surface area contributed by atoms with Gasteiger partial charge in [-0.05, 0) is 58.0 Å². The number of rotatable bonds is 7. The first kappa shape index (κ1) is 23.7. The number of esters is 2. The molecule has 2 heterocycles. The molecule has 1 atom stereocenters. The van der Waals surface area contributed by atoms with Crippen LogP contribution in [0, 0.1) is 19.7 Å². The third-order valence-corrected chi connectivity index (χ3v) is 5.03. The van der Waals surface area contributed by atoms with Gasteiger partial charge in [0, 0.05) is 17.3 Å². The quantitative estimate of drug-likeness (QED) is 0.490. The average Bonchev–Trinajstić information content (AvgIpc) is 3.04. The van der Waals surface area contributed by atoms with E-state index in [1.807, 2.05) is 6.92 Å². The first-order valence-electron chi connectivity index (χ1n) is 10.4. The molecule has 0 unspecified atom stereocenters. The number of ether oxygens (including phenoxy) is 2. The van der Waals surface area contributed by atoms with E-state index in [2.05, 4.69) is 15.7 Å². The van der Waals surface area contributed by atoms with Crippen LogP contribution < -0.4 is 10.6 Å². The topological polar surface area (TPSA) is 112 Å². The summed E-state index contributed by atoms with van der Waals surface area (Å²) in [6.07, 6.45) is 2.81. The number of benzene rings is 1. The van der Waals surface area contributed by atoms with Crippen molar-refractivity contribution in [3.8, 4) is 5.69 Å². The van der Waals surface area contributed by atoms with Gasteiger partial charge in [0.15, 0.2) is 0 Å². The van der Waals surface area contributed by atoms with Crippen molar-refractivity contribution < 1.29 is 28.2 Å². The zero-order valence-corrected chi connectivity index (χ0v) is 18.8.